The Morgan fingerprint density at radius 1 is 1.12 bits per heavy atom. The molecule has 2 bridgehead atoms. The van der Waals surface area contributed by atoms with E-state index in [1.165, 1.54) is 37.7 Å². The third kappa shape index (κ3) is 2.59. The van der Waals surface area contributed by atoms with E-state index >= 15 is 0 Å². The highest BCUT2D eigenvalue weighted by Crippen LogP contribution is 2.50. The molecule has 0 N–H and O–H groups in total. The molecule has 0 spiro atoms. The molecular formula is C16H21Br. The molecule has 1 aromatic carbocycles. The van der Waals surface area contributed by atoms with Crippen LogP contribution in [0.4, 0.5) is 0 Å². The van der Waals surface area contributed by atoms with Crippen molar-refractivity contribution in [2.45, 2.75) is 43.4 Å². The fourth-order valence-electron chi connectivity index (χ4n) is 3.92. The second-order valence-electron chi connectivity index (χ2n) is 5.89. The van der Waals surface area contributed by atoms with Crippen LogP contribution in [0.15, 0.2) is 30.3 Å². The van der Waals surface area contributed by atoms with Crippen LogP contribution in [-0.4, -0.2) is 0 Å². The highest BCUT2D eigenvalue weighted by Gasteiger charge is 2.38. The van der Waals surface area contributed by atoms with Crippen molar-refractivity contribution in [3.8, 4) is 0 Å². The molecule has 2 fully saturated rings. The van der Waals surface area contributed by atoms with E-state index < -0.39 is 0 Å². The summed E-state index contributed by atoms with van der Waals surface area (Å²) in [6.45, 7) is 0. The van der Waals surface area contributed by atoms with Crippen molar-refractivity contribution in [2.24, 2.45) is 17.8 Å². The van der Waals surface area contributed by atoms with Gasteiger partial charge < -0.3 is 0 Å². The third-order valence-electron chi connectivity index (χ3n) is 4.84. The Kier molecular flexibility index (Phi) is 3.56. The lowest BCUT2D eigenvalue weighted by atomic mass is 9.85. The van der Waals surface area contributed by atoms with Gasteiger partial charge in [-0.15, -0.1) is 0 Å². The number of hydrogen-bond donors (Lipinski definition) is 0. The molecule has 0 aliphatic heterocycles. The molecule has 17 heavy (non-hydrogen) atoms. The summed E-state index contributed by atoms with van der Waals surface area (Å²) in [5.41, 5.74) is 1.44. The van der Waals surface area contributed by atoms with Crippen LogP contribution in [0.25, 0.3) is 0 Å². The number of rotatable bonds is 4. The molecule has 0 radical (unpaired) electrons. The van der Waals surface area contributed by atoms with Crippen LogP contribution in [0.3, 0.4) is 0 Å². The summed E-state index contributed by atoms with van der Waals surface area (Å²) >= 11 is 3.85. The SMILES string of the molecule is BrC(CCC1CC2CCC1C2)c1ccccc1. The first kappa shape index (κ1) is 11.8. The molecular weight excluding hydrogens is 272 g/mol. The van der Waals surface area contributed by atoms with Gasteiger partial charge in [-0.1, -0.05) is 52.7 Å². The number of benzene rings is 1. The van der Waals surface area contributed by atoms with Crippen LogP contribution in [0.2, 0.25) is 0 Å². The molecule has 2 aliphatic rings. The first-order chi connectivity index (χ1) is 8.33. The lowest BCUT2D eigenvalue weighted by molar-refractivity contribution is 0.308. The molecule has 0 saturated heterocycles. The molecule has 4 unspecified atom stereocenters. The lowest BCUT2D eigenvalue weighted by Crippen LogP contribution is -2.10. The van der Waals surface area contributed by atoms with E-state index in [4.69, 9.17) is 0 Å². The lowest BCUT2D eigenvalue weighted by Gasteiger charge is -2.22. The van der Waals surface area contributed by atoms with Gasteiger partial charge in [-0.25, -0.2) is 0 Å². The van der Waals surface area contributed by atoms with E-state index in [1.54, 1.807) is 6.42 Å². The molecule has 92 valence electrons. The standard InChI is InChI=1S/C16H21Br/c17-16(13-4-2-1-3-5-13)9-8-15-11-12-6-7-14(15)10-12/h1-5,12,14-16H,6-11H2. The quantitative estimate of drug-likeness (QED) is 0.657. The molecule has 1 heteroatoms. The van der Waals surface area contributed by atoms with Gasteiger partial charge in [0.2, 0.25) is 0 Å². The molecule has 1 aromatic rings. The van der Waals surface area contributed by atoms with Crippen LogP contribution in [0.5, 0.6) is 0 Å². The number of hydrogen-bond acceptors (Lipinski definition) is 0. The molecule has 4 atom stereocenters. The Balaban J connectivity index is 1.51. The monoisotopic (exact) mass is 292 g/mol. The zero-order valence-electron chi connectivity index (χ0n) is 10.3. The van der Waals surface area contributed by atoms with Gasteiger partial charge in [0.05, 0.1) is 0 Å². The van der Waals surface area contributed by atoms with Crippen LogP contribution in [0, 0.1) is 17.8 Å². The number of alkyl halides is 1. The summed E-state index contributed by atoms with van der Waals surface area (Å²) < 4.78 is 0. The van der Waals surface area contributed by atoms with Crippen molar-refractivity contribution >= 4 is 15.9 Å². The first-order valence-electron chi connectivity index (χ1n) is 7.02. The fourth-order valence-corrected chi connectivity index (χ4v) is 4.49. The van der Waals surface area contributed by atoms with Crippen LogP contribution in [-0.2, 0) is 0 Å². The number of fused-ring (bicyclic) bond motifs is 2. The van der Waals surface area contributed by atoms with Crippen molar-refractivity contribution in [2.75, 3.05) is 0 Å². The summed E-state index contributed by atoms with van der Waals surface area (Å²) in [6, 6.07) is 10.8. The molecule has 0 heterocycles. The topological polar surface area (TPSA) is 0 Å². The average Bonchev–Trinajstić information content (AvgIpc) is 2.99. The summed E-state index contributed by atoms with van der Waals surface area (Å²) in [5.74, 6) is 3.21. The second-order valence-corrected chi connectivity index (χ2v) is 7.00. The molecule has 2 aliphatic carbocycles. The van der Waals surface area contributed by atoms with Crippen LogP contribution < -0.4 is 0 Å². The van der Waals surface area contributed by atoms with Crippen LogP contribution >= 0.6 is 15.9 Å². The zero-order valence-corrected chi connectivity index (χ0v) is 11.9. The van der Waals surface area contributed by atoms with Crippen LogP contribution in [0.1, 0.15) is 48.9 Å². The Morgan fingerprint density at radius 2 is 1.94 bits per heavy atom. The van der Waals surface area contributed by atoms with Gasteiger partial charge >= 0.3 is 0 Å². The molecule has 3 rings (SSSR count). The van der Waals surface area contributed by atoms with E-state index in [2.05, 4.69) is 46.3 Å². The van der Waals surface area contributed by atoms with E-state index in [1.807, 2.05) is 0 Å². The maximum absolute atomic E-state index is 3.85. The van der Waals surface area contributed by atoms with Gasteiger partial charge in [0.1, 0.15) is 0 Å². The largest absolute Gasteiger partial charge is 0.0839 e. The molecule has 2 saturated carbocycles. The molecule has 0 nitrogen and oxygen atoms in total. The smallest absolute Gasteiger partial charge is 0.0395 e. The minimum Gasteiger partial charge on any atom is -0.0839 e. The highest BCUT2D eigenvalue weighted by atomic mass is 79.9. The van der Waals surface area contributed by atoms with Gasteiger partial charge in [-0.2, -0.15) is 0 Å². The zero-order chi connectivity index (χ0) is 11.7. The predicted octanol–water partition coefficient (Wildman–Crippen LogP) is 5.34. The maximum Gasteiger partial charge on any atom is 0.0395 e. The van der Waals surface area contributed by atoms with Gasteiger partial charge in [0, 0.05) is 4.83 Å². The van der Waals surface area contributed by atoms with Crippen molar-refractivity contribution < 1.29 is 0 Å². The predicted molar refractivity (Wildman–Crippen MR) is 76.3 cm³/mol. The fraction of sp³-hybridized carbons (Fsp3) is 0.625. The van der Waals surface area contributed by atoms with Gasteiger partial charge in [-0.3, -0.25) is 0 Å². The Hall–Kier alpha value is -0.300. The normalized spacial score (nSPS) is 32.9. The van der Waals surface area contributed by atoms with Gasteiger partial charge in [0.25, 0.3) is 0 Å². The minimum atomic E-state index is 0.558. The van der Waals surface area contributed by atoms with E-state index in [0.29, 0.717) is 4.83 Å². The summed E-state index contributed by atoms with van der Waals surface area (Å²) in [5, 5.41) is 0. The summed E-state index contributed by atoms with van der Waals surface area (Å²) in [6.07, 6.45) is 8.84. The average molecular weight is 293 g/mol. The Labute approximate surface area is 113 Å². The summed E-state index contributed by atoms with van der Waals surface area (Å²) in [7, 11) is 0. The molecule has 0 amide bonds. The van der Waals surface area contributed by atoms with Gasteiger partial charge in [-0.05, 0) is 55.4 Å². The Bertz CT molecular complexity index is 359. The second kappa shape index (κ2) is 5.14. The van der Waals surface area contributed by atoms with E-state index in [-0.39, 0.29) is 0 Å². The number of halogens is 1. The van der Waals surface area contributed by atoms with Crippen molar-refractivity contribution in [1.29, 1.82) is 0 Å². The first-order valence-corrected chi connectivity index (χ1v) is 7.93. The van der Waals surface area contributed by atoms with Gasteiger partial charge in [0.15, 0.2) is 0 Å². The molecule has 0 aromatic heterocycles. The van der Waals surface area contributed by atoms with Crippen molar-refractivity contribution in [1.82, 2.24) is 0 Å². The van der Waals surface area contributed by atoms with Crippen molar-refractivity contribution in [3.05, 3.63) is 35.9 Å². The summed E-state index contributed by atoms with van der Waals surface area (Å²) in [4.78, 5) is 0.558. The van der Waals surface area contributed by atoms with Crippen molar-refractivity contribution in [3.63, 3.8) is 0 Å². The maximum atomic E-state index is 3.85. The highest BCUT2D eigenvalue weighted by molar-refractivity contribution is 9.09. The minimum absolute atomic E-state index is 0.558. The van der Waals surface area contributed by atoms with E-state index in [0.717, 1.165) is 17.8 Å². The van der Waals surface area contributed by atoms with E-state index in [9.17, 15) is 0 Å². The Morgan fingerprint density at radius 3 is 2.59 bits per heavy atom. The third-order valence-corrected chi connectivity index (χ3v) is 5.82.